The Hall–Kier alpha value is -1.91. The molecule has 0 radical (unpaired) electrons. The molecule has 0 bridgehead atoms. The van der Waals surface area contributed by atoms with Gasteiger partial charge in [-0.2, -0.15) is 5.26 Å². The summed E-state index contributed by atoms with van der Waals surface area (Å²) < 4.78 is 7.19. The Morgan fingerprint density at radius 2 is 1.85 bits per heavy atom. The fourth-order valence-corrected chi connectivity index (χ4v) is 2.61. The fourth-order valence-electron chi connectivity index (χ4n) is 1.48. The van der Waals surface area contributed by atoms with Gasteiger partial charge in [0.1, 0.15) is 23.1 Å². The second kappa shape index (κ2) is 6.03. The van der Waals surface area contributed by atoms with E-state index in [1.165, 1.54) is 18.2 Å². The molecule has 0 fully saturated rings. The van der Waals surface area contributed by atoms with Crippen molar-refractivity contribution in [2.75, 3.05) is 0 Å². The van der Waals surface area contributed by atoms with Gasteiger partial charge in [-0.1, -0.05) is 15.9 Å². The van der Waals surface area contributed by atoms with Crippen LogP contribution in [0.3, 0.4) is 0 Å². The van der Waals surface area contributed by atoms with E-state index in [2.05, 4.69) is 31.9 Å². The maximum absolute atomic E-state index is 10.7. The highest BCUT2D eigenvalue weighted by molar-refractivity contribution is 9.11. The smallest absolute Gasteiger partial charge is 0.271 e. The highest BCUT2D eigenvalue weighted by Gasteiger charge is 2.13. The molecule has 0 saturated carbocycles. The van der Waals surface area contributed by atoms with Crippen molar-refractivity contribution in [2.45, 2.75) is 0 Å². The minimum Gasteiger partial charge on any atom is -0.455 e. The average Bonchev–Trinajstić information content (AvgIpc) is 2.42. The number of hydrogen-bond acceptors (Lipinski definition) is 4. The van der Waals surface area contributed by atoms with Crippen LogP contribution in [0.2, 0.25) is 0 Å². The minimum atomic E-state index is -0.555. The predicted octanol–water partition coefficient (Wildman–Crippen LogP) is 4.78. The number of nitriles is 1. The lowest BCUT2D eigenvalue weighted by atomic mass is 10.2. The summed E-state index contributed by atoms with van der Waals surface area (Å²) in [6, 6.07) is 11.1. The first-order chi connectivity index (χ1) is 9.51. The monoisotopic (exact) mass is 396 g/mol. The third kappa shape index (κ3) is 3.15. The lowest BCUT2D eigenvalue weighted by molar-refractivity contribution is -0.384. The van der Waals surface area contributed by atoms with Crippen LogP contribution in [0.25, 0.3) is 0 Å². The topological polar surface area (TPSA) is 76.2 Å². The molecule has 0 aliphatic carbocycles. The lowest BCUT2D eigenvalue weighted by Gasteiger charge is -2.09. The summed E-state index contributed by atoms with van der Waals surface area (Å²) in [5.41, 5.74) is -0.0437. The number of ether oxygens (including phenoxy) is 1. The number of hydrogen-bond donors (Lipinski definition) is 0. The number of nitro groups is 1. The maximum Gasteiger partial charge on any atom is 0.271 e. The first-order valence-corrected chi connectivity index (χ1v) is 6.91. The highest BCUT2D eigenvalue weighted by atomic mass is 79.9. The molecular weight excluding hydrogens is 392 g/mol. The normalized spacial score (nSPS) is 9.85. The summed E-state index contributed by atoms with van der Waals surface area (Å²) in [7, 11) is 0. The molecule has 0 N–H and O–H groups in total. The molecule has 0 amide bonds. The second-order valence-electron chi connectivity index (χ2n) is 3.73. The first kappa shape index (κ1) is 14.5. The number of rotatable bonds is 3. The molecule has 2 rings (SSSR count). The van der Waals surface area contributed by atoms with Gasteiger partial charge in [-0.05, 0) is 40.2 Å². The van der Waals surface area contributed by atoms with Gasteiger partial charge in [-0.15, -0.1) is 0 Å². The summed E-state index contributed by atoms with van der Waals surface area (Å²) >= 11 is 6.67. The number of nitro benzene ring substituents is 1. The molecule has 7 heteroatoms. The number of nitrogens with zero attached hydrogens (tertiary/aromatic N) is 2. The summed E-state index contributed by atoms with van der Waals surface area (Å²) in [6.07, 6.45) is 0. The molecular formula is C13H6Br2N2O3. The molecule has 0 unspecified atom stereocenters. The molecule has 0 aromatic heterocycles. The van der Waals surface area contributed by atoms with E-state index in [4.69, 9.17) is 10.00 Å². The standard InChI is InChI=1S/C13H6Br2N2O3/c14-9-1-3-13(11(15)6-9)20-12-4-2-10(17(18)19)5-8(12)7-16/h1-6H. The van der Waals surface area contributed by atoms with Gasteiger partial charge in [-0.25, -0.2) is 0 Å². The molecule has 0 aliphatic rings. The van der Waals surface area contributed by atoms with E-state index in [-0.39, 0.29) is 17.0 Å². The van der Waals surface area contributed by atoms with Crippen molar-refractivity contribution in [1.29, 1.82) is 5.26 Å². The van der Waals surface area contributed by atoms with Gasteiger partial charge < -0.3 is 4.74 Å². The SMILES string of the molecule is N#Cc1cc([N+](=O)[O-])ccc1Oc1ccc(Br)cc1Br. The zero-order chi connectivity index (χ0) is 14.7. The van der Waals surface area contributed by atoms with Crippen molar-refractivity contribution in [3.8, 4) is 17.6 Å². The van der Waals surface area contributed by atoms with Gasteiger partial charge in [0.2, 0.25) is 0 Å². The van der Waals surface area contributed by atoms with Crippen molar-refractivity contribution in [3.05, 3.63) is 61.0 Å². The summed E-state index contributed by atoms with van der Waals surface area (Å²) in [6.45, 7) is 0. The molecule has 2 aromatic rings. The van der Waals surface area contributed by atoms with Crippen LogP contribution >= 0.6 is 31.9 Å². The maximum atomic E-state index is 10.7. The Morgan fingerprint density at radius 1 is 1.15 bits per heavy atom. The van der Waals surface area contributed by atoms with E-state index in [9.17, 15) is 10.1 Å². The molecule has 0 saturated heterocycles. The van der Waals surface area contributed by atoms with E-state index in [0.717, 1.165) is 4.47 Å². The number of halogens is 2. The predicted molar refractivity (Wildman–Crippen MR) is 79.7 cm³/mol. The molecule has 0 heterocycles. The minimum absolute atomic E-state index is 0.106. The molecule has 0 aliphatic heterocycles. The van der Waals surface area contributed by atoms with Gasteiger partial charge in [0.15, 0.2) is 0 Å². The van der Waals surface area contributed by atoms with Crippen molar-refractivity contribution in [3.63, 3.8) is 0 Å². The van der Waals surface area contributed by atoms with Crippen LogP contribution in [-0.2, 0) is 0 Å². The lowest BCUT2D eigenvalue weighted by Crippen LogP contribution is -1.93. The molecule has 0 atom stereocenters. The Balaban J connectivity index is 2.39. The molecule has 100 valence electrons. The largest absolute Gasteiger partial charge is 0.455 e. The zero-order valence-corrected chi connectivity index (χ0v) is 13.0. The fraction of sp³-hybridized carbons (Fsp3) is 0. The summed E-state index contributed by atoms with van der Waals surface area (Å²) in [4.78, 5) is 10.1. The van der Waals surface area contributed by atoms with Gasteiger partial charge in [-0.3, -0.25) is 10.1 Å². The van der Waals surface area contributed by atoms with Crippen LogP contribution in [0.15, 0.2) is 45.3 Å². The molecule has 2 aromatic carbocycles. The van der Waals surface area contributed by atoms with Gasteiger partial charge in [0, 0.05) is 16.6 Å². The van der Waals surface area contributed by atoms with Crippen LogP contribution < -0.4 is 4.74 Å². The van der Waals surface area contributed by atoms with Crippen LogP contribution in [-0.4, -0.2) is 4.92 Å². The van der Waals surface area contributed by atoms with Crippen LogP contribution in [0.4, 0.5) is 5.69 Å². The van der Waals surface area contributed by atoms with E-state index in [1.54, 1.807) is 18.2 Å². The Morgan fingerprint density at radius 3 is 2.45 bits per heavy atom. The highest BCUT2D eigenvalue weighted by Crippen LogP contribution is 2.34. The summed E-state index contributed by atoms with van der Waals surface area (Å²) in [5.74, 6) is 0.777. The zero-order valence-electron chi connectivity index (χ0n) is 9.84. The van der Waals surface area contributed by atoms with Crippen molar-refractivity contribution < 1.29 is 9.66 Å². The van der Waals surface area contributed by atoms with Gasteiger partial charge in [0.25, 0.3) is 5.69 Å². The van der Waals surface area contributed by atoms with Crippen molar-refractivity contribution in [1.82, 2.24) is 0 Å². The van der Waals surface area contributed by atoms with Gasteiger partial charge >= 0.3 is 0 Å². The molecule has 0 spiro atoms. The Labute approximate surface area is 131 Å². The summed E-state index contributed by atoms with van der Waals surface area (Å²) in [5, 5.41) is 19.7. The van der Waals surface area contributed by atoms with Crippen LogP contribution in [0.1, 0.15) is 5.56 Å². The van der Waals surface area contributed by atoms with Crippen molar-refractivity contribution >= 4 is 37.5 Å². The van der Waals surface area contributed by atoms with Gasteiger partial charge in [0.05, 0.1) is 9.40 Å². The Kier molecular flexibility index (Phi) is 4.37. The number of benzene rings is 2. The van der Waals surface area contributed by atoms with Crippen LogP contribution in [0.5, 0.6) is 11.5 Å². The number of non-ortho nitro benzene ring substituents is 1. The second-order valence-corrected chi connectivity index (χ2v) is 5.50. The molecule has 20 heavy (non-hydrogen) atoms. The quantitative estimate of drug-likeness (QED) is 0.551. The van der Waals surface area contributed by atoms with E-state index < -0.39 is 4.92 Å². The Bertz CT molecular complexity index is 726. The van der Waals surface area contributed by atoms with Crippen LogP contribution in [0, 0.1) is 21.4 Å². The van der Waals surface area contributed by atoms with E-state index in [0.29, 0.717) is 10.2 Å². The average molecular weight is 398 g/mol. The van der Waals surface area contributed by atoms with Crippen molar-refractivity contribution in [2.24, 2.45) is 0 Å². The molecule has 5 nitrogen and oxygen atoms in total. The third-order valence-electron chi connectivity index (χ3n) is 2.41. The van der Waals surface area contributed by atoms with E-state index in [1.807, 2.05) is 6.07 Å². The van der Waals surface area contributed by atoms with E-state index >= 15 is 0 Å². The third-order valence-corrected chi connectivity index (χ3v) is 3.52. The first-order valence-electron chi connectivity index (χ1n) is 5.32.